The second-order valence-corrected chi connectivity index (χ2v) is 7.05. The molecule has 2 aromatic rings. The number of amides is 2. The number of furan rings is 1. The summed E-state index contributed by atoms with van der Waals surface area (Å²) in [5.74, 6) is -3.46. The number of ether oxygens (including phenoxy) is 1. The molecule has 7 nitrogen and oxygen atoms in total. The van der Waals surface area contributed by atoms with Crippen LogP contribution in [0.4, 0.5) is 10.1 Å². The van der Waals surface area contributed by atoms with Crippen LogP contribution in [0.2, 0.25) is 0 Å². The number of rotatable bonds is 4. The van der Waals surface area contributed by atoms with Gasteiger partial charge in [-0.15, -0.1) is 0 Å². The summed E-state index contributed by atoms with van der Waals surface area (Å²) in [5, 5.41) is 3.10. The van der Waals surface area contributed by atoms with Crippen molar-refractivity contribution in [2.24, 2.45) is 11.8 Å². The summed E-state index contributed by atoms with van der Waals surface area (Å²) in [6, 6.07) is 7.77. The first-order chi connectivity index (χ1) is 13.4. The van der Waals surface area contributed by atoms with E-state index >= 15 is 0 Å². The topological polar surface area (TPSA) is 88.8 Å². The lowest BCUT2D eigenvalue weighted by atomic mass is 9.81. The summed E-state index contributed by atoms with van der Waals surface area (Å²) in [5.41, 5.74) is -1.14. The number of nitrogens with zero attached hydrogens (tertiary/aromatic N) is 1. The Morgan fingerprint density at radius 1 is 1.25 bits per heavy atom. The molecule has 2 amide bonds. The van der Waals surface area contributed by atoms with Crippen molar-refractivity contribution in [3.05, 3.63) is 54.2 Å². The molecule has 1 N–H and O–H groups in total. The maximum atomic E-state index is 13.3. The summed E-state index contributed by atoms with van der Waals surface area (Å²) in [7, 11) is 0. The van der Waals surface area contributed by atoms with Gasteiger partial charge in [-0.1, -0.05) is 0 Å². The normalized spacial score (nSPS) is 29.2. The Bertz CT molecular complexity index is 927. The van der Waals surface area contributed by atoms with E-state index < -0.39 is 47.0 Å². The highest BCUT2D eigenvalue weighted by atomic mass is 19.1. The van der Waals surface area contributed by atoms with Crippen LogP contribution in [0.3, 0.4) is 0 Å². The minimum absolute atomic E-state index is 0.142. The number of carbonyl (C=O) groups excluding carboxylic acids is 3. The molecule has 2 aliphatic heterocycles. The summed E-state index contributed by atoms with van der Waals surface area (Å²) in [6.45, 7) is 3.37. The highest BCUT2D eigenvalue weighted by molar-refractivity contribution is 6.24. The van der Waals surface area contributed by atoms with E-state index in [0.29, 0.717) is 5.76 Å². The quantitative estimate of drug-likeness (QED) is 0.640. The van der Waals surface area contributed by atoms with E-state index in [9.17, 15) is 18.8 Å². The number of carbonyl (C=O) groups is 3. The molecule has 4 rings (SSSR count). The molecule has 1 aromatic heterocycles. The number of hydrogen-bond donors (Lipinski definition) is 1. The van der Waals surface area contributed by atoms with Gasteiger partial charge in [-0.2, -0.15) is 0 Å². The minimum atomic E-state index is -1.40. The average Bonchev–Trinajstić information content (AvgIpc) is 3.35. The third-order valence-electron chi connectivity index (χ3n) is 5.42. The second kappa shape index (κ2) is 6.56. The second-order valence-electron chi connectivity index (χ2n) is 7.05. The predicted molar refractivity (Wildman–Crippen MR) is 95.5 cm³/mol. The molecule has 0 bridgehead atoms. The molecule has 0 saturated carbocycles. The number of fused-ring (bicyclic) bond motifs is 1. The first-order valence-corrected chi connectivity index (χ1v) is 9.00. The Morgan fingerprint density at radius 3 is 2.57 bits per heavy atom. The Kier molecular flexibility index (Phi) is 4.30. The summed E-state index contributed by atoms with van der Waals surface area (Å²) >= 11 is 0. The van der Waals surface area contributed by atoms with Crippen molar-refractivity contribution in [1.29, 1.82) is 0 Å². The SMILES string of the molecule is CCOC(=O)[C@]1(C)N[C@@H](c2ccco2)[C@H]2C(=O)N(c3ccc(F)cc3)C(=O)[C@@H]21. The summed E-state index contributed by atoms with van der Waals surface area (Å²) in [4.78, 5) is 40.2. The fourth-order valence-electron chi connectivity index (χ4n) is 4.16. The van der Waals surface area contributed by atoms with Crippen LogP contribution < -0.4 is 10.2 Å². The molecule has 0 unspecified atom stereocenters. The van der Waals surface area contributed by atoms with E-state index in [1.54, 1.807) is 26.0 Å². The Labute approximate surface area is 160 Å². The van der Waals surface area contributed by atoms with E-state index in [2.05, 4.69) is 5.32 Å². The molecule has 3 heterocycles. The lowest BCUT2D eigenvalue weighted by Crippen LogP contribution is -2.54. The molecule has 0 aliphatic carbocycles. The van der Waals surface area contributed by atoms with Crippen molar-refractivity contribution in [3.63, 3.8) is 0 Å². The standard InChI is InChI=1S/C20H19FN2O5/c1-3-27-19(26)20(2)15-14(16(22-20)13-5-4-10-28-13)17(24)23(18(15)25)12-8-6-11(21)7-9-12/h4-10,14-16,22H,3H2,1-2H3/t14-,15+,16-,20+/m0/s1. The third kappa shape index (κ3) is 2.56. The van der Waals surface area contributed by atoms with E-state index in [-0.39, 0.29) is 12.3 Å². The average molecular weight is 386 g/mol. The van der Waals surface area contributed by atoms with Gasteiger partial charge in [0.1, 0.15) is 17.1 Å². The van der Waals surface area contributed by atoms with Crippen LogP contribution in [0.25, 0.3) is 0 Å². The molecule has 146 valence electrons. The van der Waals surface area contributed by atoms with Gasteiger partial charge in [0.2, 0.25) is 11.8 Å². The highest BCUT2D eigenvalue weighted by Crippen LogP contribution is 2.50. The molecule has 2 aliphatic rings. The molecule has 1 aromatic carbocycles. The largest absolute Gasteiger partial charge is 0.468 e. The van der Waals surface area contributed by atoms with E-state index in [4.69, 9.17) is 9.15 Å². The number of esters is 1. The van der Waals surface area contributed by atoms with Crippen molar-refractivity contribution in [2.75, 3.05) is 11.5 Å². The molecule has 0 spiro atoms. The molecule has 2 saturated heterocycles. The highest BCUT2D eigenvalue weighted by Gasteiger charge is 2.67. The maximum absolute atomic E-state index is 13.3. The van der Waals surface area contributed by atoms with Gasteiger partial charge in [-0.3, -0.25) is 19.7 Å². The van der Waals surface area contributed by atoms with Gasteiger partial charge >= 0.3 is 5.97 Å². The minimum Gasteiger partial charge on any atom is -0.468 e. The Balaban J connectivity index is 1.80. The van der Waals surface area contributed by atoms with Gasteiger partial charge in [-0.05, 0) is 50.2 Å². The van der Waals surface area contributed by atoms with Gasteiger partial charge in [0, 0.05) is 0 Å². The van der Waals surface area contributed by atoms with Crippen LogP contribution in [0.5, 0.6) is 0 Å². The lowest BCUT2D eigenvalue weighted by Gasteiger charge is -2.28. The van der Waals surface area contributed by atoms with E-state index in [1.165, 1.54) is 30.5 Å². The number of halogens is 1. The third-order valence-corrected chi connectivity index (χ3v) is 5.42. The zero-order chi connectivity index (χ0) is 20.1. The molecular weight excluding hydrogens is 367 g/mol. The fourth-order valence-corrected chi connectivity index (χ4v) is 4.16. The number of imide groups is 1. The molecule has 28 heavy (non-hydrogen) atoms. The number of nitrogens with one attached hydrogen (secondary N) is 1. The van der Waals surface area contributed by atoms with Crippen LogP contribution in [0.15, 0.2) is 47.1 Å². The zero-order valence-electron chi connectivity index (χ0n) is 15.3. The zero-order valence-corrected chi connectivity index (χ0v) is 15.3. The summed E-state index contributed by atoms with van der Waals surface area (Å²) in [6.07, 6.45) is 1.46. The van der Waals surface area contributed by atoms with Gasteiger partial charge in [0.15, 0.2) is 0 Å². The number of hydrogen-bond acceptors (Lipinski definition) is 6. The van der Waals surface area contributed by atoms with Gasteiger partial charge in [0.25, 0.3) is 0 Å². The van der Waals surface area contributed by atoms with Gasteiger partial charge < -0.3 is 9.15 Å². The monoisotopic (exact) mass is 386 g/mol. The van der Waals surface area contributed by atoms with Crippen molar-refractivity contribution >= 4 is 23.5 Å². The van der Waals surface area contributed by atoms with Crippen LogP contribution in [-0.2, 0) is 19.1 Å². The van der Waals surface area contributed by atoms with Crippen LogP contribution in [0.1, 0.15) is 25.6 Å². The molecular formula is C20H19FN2O5. The van der Waals surface area contributed by atoms with Crippen molar-refractivity contribution in [1.82, 2.24) is 5.32 Å². The fraction of sp³-hybridized carbons (Fsp3) is 0.350. The van der Waals surface area contributed by atoms with Gasteiger partial charge in [-0.25, -0.2) is 9.29 Å². The summed E-state index contributed by atoms with van der Waals surface area (Å²) < 4.78 is 23.9. The molecule has 4 atom stereocenters. The first kappa shape index (κ1) is 18.4. The first-order valence-electron chi connectivity index (χ1n) is 9.00. The smallest absolute Gasteiger partial charge is 0.326 e. The van der Waals surface area contributed by atoms with Crippen molar-refractivity contribution in [2.45, 2.75) is 25.4 Å². The van der Waals surface area contributed by atoms with Crippen LogP contribution in [-0.4, -0.2) is 29.9 Å². The van der Waals surface area contributed by atoms with Crippen LogP contribution >= 0.6 is 0 Å². The van der Waals surface area contributed by atoms with Crippen molar-refractivity contribution < 1.29 is 27.9 Å². The Hall–Kier alpha value is -3.00. The maximum Gasteiger partial charge on any atom is 0.326 e. The van der Waals surface area contributed by atoms with E-state index in [1.807, 2.05) is 0 Å². The van der Waals surface area contributed by atoms with Crippen LogP contribution in [0, 0.1) is 17.7 Å². The predicted octanol–water partition coefficient (Wildman–Crippen LogP) is 2.19. The Morgan fingerprint density at radius 2 is 1.96 bits per heavy atom. The molecule has 8 heteroatoms. The van der Waals surface area contributed by atoms with E-state index in [0.717, 1.165) is 4.90 Å². The molecule has 0 radical (unpaired) electrons. The molecule has 2 fully saturated rings. The van der Waals surface area contributed by atoms with Crippen molar-refractivity contribution in [3.8, 4) is 0 Å². The van der Waals surface area contributed by atoms with Gasteiger partial charge in [0.05, 0.1) is 36.4 Å². The number of benzene rings is 1. The lowest BCUT2D eigenvalue weighted by molar-refractivity contribution is -0.153. The number of anilines is 1.